The van der Waals surface area contributed by atoms with Gasteiger partial charge in [0.15, 0.2) is 0 Å². The first-order chi connectivity index (χ1) is 9.35. The molecule has 2 rings (SSSR count). The van der Waals surface area contributed by atoms with Crippen LogP contribution >= 0.6 is 0 Å². The molecule has 19 heavy (non-hydrogen) atoms. The lowest BCUT2D eigenvalue weighted by atomic mass is 10.1. The Labute approximate surface area is 116 Å². The van der Waals surface area contributed by atoms with E-state index in [-0.39, 0.29) is 0 Å². The lowest BCUT2D eigenvalue weighted by Crippen LogP contribution is -2.41. The molecule has 1 unspecified atom stereocenters. The molecule has 0 saturated heterocycles. The Kier molecular flexibility index (Phi) is 5.67. The Morgan fingerprint density at radius 2 is 2.16 bits per heavy atom. The minimum Gasteiger partial charge on any atom is -0.383 e. The van der Waals surface area contributed by atoms with Crippen molar-refractivity contribution >= 4 is 5.69 Å². The molecule has 0 radical (unpaired) electrons. The van der Waals surface area contributed by atoms with Gasteiger partial charge in [-0.1, -0.05) is 25.1 Å². The minimum atomic E-state index is 0.609. The highest BCUT2D eigenvalue weighted by molar-refractivity contribution is 5.52. The molecule has 1 aliphatic rings. The van der Waals surface area contributed by atoms with Crippen LogP contribution in [-0.4, -0.2) is 43.8 Å². The molecular formula is C16H26N2O. The number of benzene rings is 1. The number of likely N-dealkylation sites (N-methyl/N-ethyl adjacent to an activating group) is 1. The van der Waals surface area contributed by atoms with Crippen molar-refractivity contribution in [1.82, 2.24) is 4.90 Å². The van der Waals surface area contributed by atoms with Gasteiger partial charge < -0.3 is 10.1 Å². The van der Waals surface area contributed by atoms with Gasteiger partial charge >= 0.3 is 0 Å². The monoisotopic (exact) mass is 262 g/mol. The standard InChI is InChI=1S/C16H26N2O/c1-3-18(11-12-19-4-2)15-10-9-14-7-5-6-8-16(14)17-13-15/h5-8,15,17H,3-4,9-13H2,1-2H3. The zero-order valence-electron chi connectivity index (χ0n) is 12.2. The number of ether oxygens (including phenoxy) is 1. The van der Waals surface area contributed by atoms with Crippen LogP contribution in [0.3, 0.4) is 0 Å². The van der Waals surface area contributed by atoms with E-state index in [1.54, 1.807) is 0 Å². The number of aryl methyl sites for hydroxylation is 1. The fraction of sp³-hybridized carbons (Fsp3) is 0.625. The van der Waals surface area contributed by atoms with Crippen LogP contribution in [0.25, 0.3) is 0 Å². The molecular weight excluding hydrogens is 236 g/mol. The molecule has 0 amide bonds. The van der Waals surface area contributed by atoms with Crippen molar-refractivity contribution in [3.8, 4) is 0 Å². The summed E-state index contributed by atoms with van der Waals surface area (Å²) in [6.45, 7) is 9.11. The number of rotatable bonds is 6. The van der Waals surface area contributed by atoms with Crippen LogP contribution in [0.5, 0.6) is 0 Å². The molecule has 0 aliphatic carbocycles. The average molecular weight is 262 g/mol. The van der Waals surface area contributed by atoms with Gasteiger partial charge in [0, 0.05) is 31.4 Å². The zero-order valence-corrected chi connectivity index (χ0v) is 12.2. The molecule has 1 heterocycles. The highest BCUT2D eigenvalue weighted by Crippen LogP contribution is 2.22. The van der Waals surface area contributed by atoms with E-state index in [1.807, 2.05) is 0 Å². The van der Waals surface area contributed by atoms with E-state index < -0.39 is 0 Å². The Morgan fingerprint density at radius 3 is 2.95 bits per heavy atom. The van der Waals surface area contributed by atoms with Gasteiger partial charge in [0.1, 0.15) is 0 Å². The molecule has 0 aromatic heterocycles. The summed E-state index contributed by atoms with van der Waals surface area (Å²) in [6.07, 6.45) is 2.39. The first-order valence-electron chi connectivity index (χ1n) is 7.48. The molecule has 0 fully saturated rings. The van der Waals surface area contributed by atoms with E-state index in [9.17, 15) is 0 Å². The third-order valence-corrected chi connectivity index (χ3v) is 3.94. The molecule has 1 aliphatic heterocycles. The Morgan fingerprint density at radius 1 is 1.32 bits per heavy atom. The van der Waals surface area contributed by atoms with E-state index in [1.165, 1.54) is 24.1 Å². The molecule has 1 aromatic rings. The number of hydrogen-bond donors (Lipinski definition) is 1. The highest BCUT2D eigenvalue weighted by Gasteiger charge is 2.20. The van der Waals surface area contributed by atoms with Crippen molar-refractivity contribution in [2.75, 3.05) is 38.2 Å². The fourth-order valence-corrected chi connectivity index (χ4v) is 2.80. The maximum atomic E-state index is 5.49. The molecule has 3 heteroatoms. The predicted octanol–water partition coefficient (Wildman–Crippen LogP) is 2.77. The van der Waals surface area contributed by atoms with Crippen molar-refractivity contribution < 1.29 is 4.74 Å². The second kappa shape index (κ2) is 7.51. The SMILES string of the molecule is CCOCCN(CC)C1CCc2ccccc2NC1. The molecule has 1 atom stereocenters. The number of nitrogens with zero attached hydrogens (tertiary/aromatic N) is 1. The third-order valence-electron chi connectivity index (χ3n) is 3.94. The van der Waals surface area contributed by atoms with Crippen LogP contribution in [0.15, 0.2) is 24.3 Å². The van der Waals surface area contributed by atoms with E-state index in [0.717, 1.165) is 32.8 Å². The summed E-state index contributed by atoms with van der Waals surface area (Å²) in [5.74, 6) is 0. The summed E-state index contributed by atoms with van der Waals surface area (Å²) in [5.41, 5.74) is 2.76. The van der Waals surface area contributed by atoms with E-state index in [4.69, 9.17) is 4.74 Å². The van der Waals surface area contributed by atoms with E-state index in [0.29, 0.717) is 6.04 Å². The van der Waals surface area contributed by atoms with E-state index in [2.05, 4.69) is 48.3 Å². The number of hydrogen-bond acceptors (Lipinski definition) is 3. The van der Waals surface area contributed by atoms with Gasteiger partial charge in [0.25, 0.3) is 0 Å². The van der Waals surface area contributed by atoms with Crippen LogP contribution in [0.4, 0.5) is 5.69 Å². The second-order valence-corrected chi connectivity index (χ2v) is 5.06. The van der Waals surface area contributed by atoms with Crippen molar-refractivity contribution in [2.24, 2.45) is 0 Å². The third kappa shape index (κ3) is 3.95. The van der Waals surface area contributed by atoms with Gasteiger partial charge in [0.05, 0.1) is 6.61 Å². The van der Waals surface area contributed by atoms with Gasteiger partial charge in [-0.05, 0) is 37.9 Å². The Balaban J connectivity index is 1.92. The van der Waals surface area contributed by atoms with Gasteiger partial charge in [-0.2, -0.15) is 0 Å². The summed E-state index contributed by atoms with van der Waals surface area (Å²) in [5, 5.41) is 3.60. The average Bonchev–Trinajstić information content (AvgIpc) is 2.66. The first-order valence-corrected chi connectivity index (χ1v) is 7.48. The summed E-state index contributed by atoms with van der Waals surface area (Å²) in [4.78, 5) is 2.54. The van der Waals surface area contributed by atoms with E-state index >= 15 is 0 Å². The lowest BCUT2D eigenvalue weighted by Gasteiger charge is -2.29. The maximum Gasteiger partial charge on any atom is 0.0593 e. The molecule has 0 saturated carbocycles. The number of para-hydroxylation sites is 1. The predicted molar refractivity (Wildman–Crippen MR) is 80.8 cm³/mol. The molecule has 1 N–H and O–H groups in total. The van der Waals surface area contributed by atoms with Crippen LogP contribution < -0.4 is 5.32 Å². The molecule has 106 valence electrons. The summed E-state index contributed by atoms with van der Waals surface area (Å²) in [6, 6.07) is 9.28. The van der Waals surface area contributed by atoms with Gasteiger partial charge in [-0.25, -0.2) is 0 Å². The van der Waals surface area contributed by atoms with Crippen LogP contribution in [0.2, 0.25) is 0 Å². The normalized spacial score (nSPS) is 18.8. The Hall–Kier alpha value is -1.06. The van der Waals surface area contributed by atoms with Gasteiger partial charge in [-0.15, -0.1) is 0 Å². The van der Waals surface area contributed by atoms with Crippen molar-refractivity contribution in [3.63, 3.8) is 0 Å². The number of fused-ring (bicyclic) bond motifs is 1. The van der Waals surface area contributed by atoms with Gasteiger partial charge in [-0.3, -0.25) is 4.90 Å². The van der Waals surface area contributed by atoms with Crippen LogP contribution in [0, 0.1) is 0 Å². The van der Waals surface area contributed by atoms with Crippen LogP contribution in [0.1, 0.15) is 25.8 Å². The molecule has 0 bridgehead atoms. The fourth-order valence-electron chi connectivity index (χ4n) is 2.80. The minimum absolute atomic E-state index is 0.609. The van der Waals surface area contributed by atoms with Crippen molar-refractivity contribution in [3.05, 3.63) is 29.8 Å². The molecule has 0 spiro atoms. The first kappa shape index (κ1) is 14.4. The second-order valence-electron chi connectivity index (χ2n) is 5.06. The largest absolute Gasteiger partial charge is 0.383 e. The summed E-state index contributed by atoms with van der Waals surface area (Å²) >= 11 is 0. The van der Waals surface area contributed by atoms with Gasteiger partial charge in [0.2, 0.25) is 0 Å². The maximum absolute atomic E-state index is 5.49. The summed E-state index contributed by atoms with van der Waals surface area (Å²) < 4.78 is 5.49. The van der Waals surface area contributed by atoms with Crippen molar-refractivity contribution in [1.29, 1.82) is 0 Å². The molecule has 3 nitrogen and oxygen atoms in total. The number of nitrogens with one attached hydrogen (secondary N) is 1. The van der Waals surface area contributed by atoms with Crippen LogP contribution in [-0.2, 0) is 11.2 Å². The quantitative estimate of drug-likeness (QED) is 0.798. The van der Waals surface area contributed by atoms with Crippen molar-refractivity contribution in [2.45, 2.75) is 32.7 Å². The lowest BCUT2D eigenvalue weighted by molar-refractivity contribution is 0.0973. The Bertz CT molecular complexity index is 354. The summed E-state index contributed by atoms with van der Waals surface area (Å²) in [7, 11) is 0. The smallest absolute Gasteiger partial charge is 0.0593 e. The molecule has 1 aromatic carbocycles. The topological polar surface area (TPSA) is 24.5 Å². The number of anilines is 1. The zero-order chi connectivity index (χ0) is 13.5. The highest BCUT2D eigenvalue weighted by atomic mass is 16.5.